The molecule has 4 rings (SSSR count). The number of esters is 1. The van der Waals surface area contributed by atoms with Crippen LogP contribution in [-0.4, -0.2) is 32.8 Å². The van der Waals surface area contributed by atoms with Crippen molar-refractivity contribution in [1.29, 1.82) is 0 Å². The van der Waals surface area contributed by atoms with E-state index in [1.165, 1.54) is 7.11 Å². The van der Waals surface area contributed by atoms with Gasteiger partial charge in [-0.05, 0) is 18.2 Å². The van der Waals surface area contributed by atoms with Crippen LogP contribution in [0.3, 0.4) is 0 Å². The second-order valence-electron chi connectivity index (χ2n) is 7.72. The lowest BCUT2D eigenvalue weighted by Crippen LogP contribution is -2.11. The van der Waals surface area contributed by atoms with Gasteiger partial charge >= 0.3 is 5.97 Å². The number of hydrogen-bond acceptors (Lipinski definition) is 4. The second kappa shape index (κ2) is 6.64. The summed E-state index contributed by atoms with van der Waals surface area (Å²) in [6.07, 6.45) is 0. The predicted molar refractivity (Wildman–Crippen MR) is 109 cm³/mol. The minimum Gasteiger partial charge on any atom is -0.465 e. The van der Waals surface area contributed by atoms with Crippen LogP contribution in [0, 0.1) is 0 Å². The standard InChI is InChI=1S/C22H22N4O2/c1-22(2,3)18-13-19(25-24-18)26-17-11-10-15(21(27)28-4)12-16(17)23-20(26)14-8-6-5-7-9-14/h5-13H,1-4H3,(H,24,25). The Morgan fingerprint density at radius 3 is 2.46 bits per heavy atom. The van der Waals surface area contributed by atoms with E-state index in [1.54, 1.807) is 12.1 Å². The molecular weight excluding hydrogens is 352 g/mol. The molecule has 6 heteroatoms. The van der Waals surface area contributed by atoms with Gasteiger partial charge in [0.1, 0.15) is 5.82 Å². The summed E-state index contributed by atoms with van der Waals surface area (Å²) in [5.41, 5.74) is 4.01. The zero-order valence-electron chi connectivity index (χ0n) is 16.4. The fourth-order valence-corrected chi connectivity index (χ4v) is 3.15. The molecule has 2 aromatic carbocycles. The van der Waals surface area contributed by atoms with Crippen molar-refractivity contribution in [2.24, 2.45) is 0 Å². The molecule has 142 valence electrons. The van der Waals surface area contributed by atoms with Gasteiger partial charge in [0.05, 0.1) is 23.7 Å². The smallest absolute Gasteiger partial charge is 0.337 e. The molecule has 0 spiro atoms. The molecule has 2 aromatic heterocycles. The number of nitrogens with zero attached hydrogens (tertiary/aromatic N) is 3. The first-order valence-electron chi connectivity index (χ1n) is 9.11. The van der Waals surface area contributed by atoms with Crippen LogP contribution in [0.25, 0.3) is 28.2 Å². The quantitative estimate of drug-likeness (QED) is 0.536. The number of methoxy groups -OCH3 is 1. The Morgan fingerprint density at radius 1 is 1.07 bits per heavy atom. The lowest BCUT2D eigenvalue weighted by atomic mass is 9.92. The van der Waals surface area contributed by atoms with Crippen LogP contribution in [0.15, 0.2) is 54.6 Å². The van der Waals surface area contributed by atoms with Crippen LogP contribution in [-0.2, 0) is 10.2 Å². The van der Waals surface area contributed by atoms with Gasteiger partial charge in [-0.25, -0.2) is 9.78 Å². The van der Waals surface area contributed by atoms with Gasteiger partial charge in [-0.3, -0.25) is 9.67 Å². The zero-order chi connectivity index (χ0) is 19.9. The van der Waals surface area contributed by atoms with Gasteiger partial charge in [-0.15, -0.1) is 0 Å². The maximum Gasteiger partial charge on any atom is 0.337 e. The van der Waals surface area contributed by atoms with Gasteiger partial charge in [0.2, 0.25) is 0 Å². The van der Waals surface area contributed by atoms with Crippen molar-refractivity contribution in [3.8, 4) is 17.2 Å². The van der Waals surface area contributed by atoms with Crippen LogP contribution in [0.5, 0.6) is 0 Å². The highest BCUT2D eigenvalue weighted by molar-refractivity contribution is 5.94. The van der Waals surface area contributed by atoms with Crippen molar-refractivity contribution < 1.29 is 9.53 Å². The van der Waals surface area contributed by atoms with Crippen LogP contribution in [0.2, 0.25) is 0 Å². The molecule has 0 amide bonds. The number of carbonyl (C=O) groups excluding carboxylic acids is 1. The first-order valence-corrected chi connectivity index (χ1v) is 9.11. The number of imidazole rings is 1. The molecule has 0 aliphatic carbocycles. The Hall–Kier alpha value is -3.41. The van der Waals surface area contributed by atoms with Gasteiger partial charge in [-0.2, -0.15) is 5.10 Å². The van der Waals surface area contributed by atoms with Crippen LogP contribution < -0.4 is 0 Å². The molecule has 0 aliphatic heterocycles. The number of nitrogens with one attached hydrogen (secondary N) is 1. The van der Waals surface area contributed by atoms with Gasteiger partial charge in [-0.1, -0.05) is 51.1 Å². The van der Waals surface area contributed by atoms with E-state index < -0.39 is 0 Å². The Morgan fingerprint density at radius 2 is 1.82 bits per heavy atom. The molecule has 0 atom stereocenters. The van der Waals surface area contributed by atoms with E-state index >= 15 is 0 Å². The zero-order valence-corrected chi connectivity index (χ0v) is 16.4. The average Bonchev–Trinajstić information content (AvgIpc) is 3.31. The molecule has 4 aromatic rings. The molecule has 2 heterocycles. The first-order chi connectivity index (χ1) is 13.4. The van der Waals surface area contributed by atoms with Gasteiger partial charge in [0.15, 0.2) is 5.82 Å². The minimum atomic E-state index is -0.382. The molecule has 6 nitrogen and oxygen atoms in total. The summed E-state index contributed by atoms with van der Waals surface area (Å²) in [7, 11) is 1.37. The fourth-order valence-electron chi connectivity index (χ4n) is 3.15. The van der Waals surface area contributed by atoms with Gasteiger partial charge < -0.3 is 4.74 Å². The van der Waals surface area contributed by atoms with Gasteiger partial charge in [0, 0.05) is 22.7 Å². The highest BCUT2D eigenvalue weighted by Gasteiger charge is 2.21. The maximum atomic E-state index is 11.9. The van der Waals surface area contributed by atoms with E-state index in [-0.39, 0.29) is 11.4 Å². The lowest BCUT2D eigenvalue weighted by Gasteiger charge is -2.14. The molecule has 28 heavy (non-hydrogen) atoms. The van der Waals surface area contributed by atoms with Crippen LogP contribution in [0.4, 0.5) is 0 Å². The molecule has 0 unspecified atom stereocenters. The molecule has 0 radical (unpaired) electrons. The Labute approximate surface area is 163 Å². The Bertz CT molecular complexity index is 1150. The van der Waals surface area contributed by atoms with Crippen molar-refractivity contribution in [2.45, 2.75) is 26.2 Å². The first kappa shape index (κ1) is 18.0. The molecule has 0 bridgehead atoms. The summed E-state index contributed by atoms with van der Waals surface area (Å²) < 4.78 is 6.85. The Kier molecular flexibility index (Phi) is 4.26. The number of benzene rings is 2. The highest BCUT2D eigenvalue weighted by atomic mass is 16.5. The van der Waals surface area contributed by atoms with Gasteiger partial charge in [0.25, 0.3) is 0 Å². The highest BCUT2D eigenvalue weighted by Crippen LogP contribution is 2.30. The molecule has 0 saturated carbocycles. The van der Waals surface area contributed by atoms with Crippen molar-refractivity contribution in [1.82, 2.24) is 19.7 Å². The third-order valence-electron chi connectivity index (χ3n) is 4.71. The summed E-state index contributed by atoms with van der Waals surface area (Å²) in [6.45, 7) is 6.41. The average molecular weight is 374 g/mol. The molecule has 1 N–H and O–H groups in total. The monoisotopic (exact) mass is 374 g/mol. The maximum absolute atomic E-state index is 11.9. The number of rotatable bonds is 3. The number of hydrogen-bond donors (Lipinski definition) is 1. The number of ether oxygens (including phenoxy) is 1. The number of aromatic amines is 1. The van der Waals surface area contributed by atoms with Crippen LogP contribution >= 0.6 is 0 Å². The largest absolute Gasteiger partial charge is 0.465 e. The molecular formula is C22H22N4O2. The summed E-state index contributed by atoms with van der Waals surface area (Å²) >= 11 is 0. The summed E-state index contributed by atoms with van der Waals surface area (Å²) in [6, 6.07) is 17.4. The molecule has 0 fully saturated rings. The topological polar surface area (TPSA) is 72.8 Å². The van der Waals surface area contributed by atoms with E-state index in [2.05, 4.69) is 31.0 Å². The van der Waals surface area contributed by atoms with E-state index in [1.807, 2.05) is 47.0 Å². The summed E-state index contributed by atoms with van der Waals surface area (Å²) in [4.78, 5) is 16.7. The second-order valence-corrected chi connectivity index (χ2v) is 7.72. The Balaban J connectivity index is 1.97. The van der Waals surface area contributed by atoms with E-state index in [4.69, 9.17) is 9.72 Å². The normalized spacial score (nSPS) is 11.7. The van der Waals surface area contributed by atoms with Crippen molar-refractivity contribution in [3.05, 3.63) is 65.9 Å². The van der Waals surface area contributed by atoms with E-state index in [0.29, 0.717) is 11.1 Å². The minimum absolute atomic E-state index is 0.0490. The lowest BCUT2D eigenvalue weighted by molar-refractivity contribution is 0.0601. The van der Waals surface area contributed by atoms with Crippen LogP contribution in [0.1, 0.15) is 36.8 Å². The molecule has 0 saturated heterocycles. The van der Waals surface area contributed by atoms with Crippen molar-refractivity contribution >= 4 is 17.0 Å². The summed E-state index contributed by atoms with van der Waals surface area (Å²) in [5.74, 6) is 1.15. The fraction of sp³-hybridized carbons (Fsp3) is 0.227. The van der Waals surface area contributed by atoms with E-state index in [9.17, 15) is 4.79 Å². The summed E-state index contributed by atoms with van der Waals surface area (Å²) in [5, 5.41) is 7.68. The third-order valence-corrected chi connectivity index (χ3v) is 4.71. The van der Waals surface area contributed by atoms with E-state index in [0.717, 1.165) is 28.4 Å². The van der Waals surface area contributed by atoms with Crippen molar-refractivity contribution in [3.63, 3.8) is 0 Å². The number of H-pyrrole nitrogens is 1. The SMILES string of the molecule is COC(=O)c1ccc2c(c1)nc(-c1ccccc1)n2-c1cc(C(C)(C)C)[nH]n1. The number of fused-ring (bicyclic) bond motifs is 1. The predicted octanol–water partition coefficient (Wildman–Crippen LogP) is 4.50. The van der Waals surface area contributed by atoms with Crippen molar-refractivity contribution in [2.75, 3.05) is 7.11 Å². The molecule has 0 aliphatic rings. The number of carbonyl (C=O) groups is 1. The third kappa shape index (κ3) is 3.07. The number of aromatic nitrogens is 4.